The van der Waals surface area contributed by atoms with Crippen molar-refractivity contribution in [2.24, 2.45) is 0 Å². The molecule has 0 amide bonds. The summed E-state index contributed by atoms with van der Waals surface area (Å²) in [4.78, 5) is 33.8. The van der Waals surface area contributed by atoms with E-state index >= 15 is 0 Å². The average Bonchev–Trinajstić information content (AvgIpc) is 2.19. The molecular formula is C3H7AlMgO13. The van der Waals surface area contributed by atoms with Gasteiger partial charge in [0.2, 0.25) is 0 Å². The predicted octanol–water partition coefficient (Wildman–Crippen LogP) is -4.49. The maximum absolute atomic E-state index is 8.83. The molecule has 0 aliphatic rings. The van der Waals surface area contributed by atoms with Gasteiger partial charge in [0.05, 0.1) is 0 Å². The van der Waals surface area contributed by atoms with Gasteiger partial charge in [0.1, 0.15) is 0 Å². The van der Waals surface area contributed by atoms with Crippen LogP contribution in [0.3, 0.4) is 0 Å². The molecule has 0 aromatic carbocycles. The number of rotatable bonds is 0. The minimum atomic E-state index is -1.80. The molecule has 0 fully saturated rings. The first-order chi connectivity index (χ1) is 6.81. The molecule has 0 aromatic heterocycles. The van der Waals surface area contributed by atoms with E-state index in [0.717, 1.165) is 0 Å². The van der Waals surface area contributed by atoms with E-state index in [1.165, 1.54) is 0 Å². The number of hydrogen-bond acceptors (Lipinski definition) is 9. The summed E-state index contributed by atoms with van der Waals surface area (Å²) < 4.78 is 0. The van der Waals surface area contributed by atoms with E-state index in [1.807, 2.05) is 0 Å². The van der Waals surface area contributed by atoms with Crippen LogP contribution in [0.2, 0.25) is 0 Å². The standard InChI is InChI=1S/3CH2O4.Al.Mg.H2O.2H/c3*2-1(3)5-4;;;;;/h3*4H,(H,2,3);;;1H2;;/q;;;+3;+2;;2*-1/p-3. The Morgan fingerprint density at radius 1 is 0.778 bits per heavy atom. The van der Waals surface area contributed by atoms with Gasteiger partial charge in [-0.2, -0.15) is 0 Å². The molecule has 0 unspecified atom stereocenters. The van der Waals surface area contributed by atoms with Crippen LogP contribution in [0.15, 0.2) is 0 Å². The molecule has 0 aliphatic carbocycles. The zero-order valence-electron chi connectivity index (χ0n) is 10.3. The van der Waals surface area contributed by atoms with Gasteiger partial charge >= 0.3 is 58.9 Å². The summed E-state index contributed by atoms with van der Waals surface area (Å²) >= 11 is 0. The number of carboxylic acid groups (broad SMARTS) is 3. The van der Waals surface area contributed by atoms with Gasteiger partial charge in [0, 0.05) is 0 Å². The summed E-state index contributed by atoms with van der Waals surface area (Å²) in [7, 11) is 0. The van der Waals surface area contributed by atoms with Gasteiger partial charge in [-0.1, -0.05) is 0 Å². The van der Waals surface area contributed by atoms with Crippen molar-refractivity contribution in [3.8, 4) is 0 Å². The first-order valence-electron chi connectivity index (χ1n) is 2.40. The Bertz CT molecular complexity index is 171. The molecule has 18 heavy (non-hydrogen) atoms. The Morgan fingerprint density at radius 2 is 0.833 bits per heavy atom. The first-order valence-corrected chi connectivity index (χ1v) is 2.40. The smallest absolute Gasteiger partial charge is 1.00 e. The van der Waals surface area contributed by atoms with Crippen molar-refractivity contribution in [3.05, 3.63) is 0 Å². The van der Waals surface area contributed by atoms with Crippen molar-refractivity contribution < 1.29 is 68.5 Å². The molecule has 0 spiro atoms. The summed E-state index contributed by atoms with van der Waals surface area (Å²) in [5.41, 5.74) is 0. The molecule has 0 radical (unpaired) electrons. The van der Waals surface area contributed by atoms with E-state index in [9.17, 15) is 0 Å². The summed E-state index contributed by atoms with van der Waals surface area (Å²) in [6.07, 6.45) is -5.40. The minimum Gasteiger partial charge on any atom is -1.00 e. The molecule has 102 valence electrons. The van der Waals surface area contributed by atoms with Crippen LogP contribution in [0.5, 0.6) is 0 Å². The quantitative estimate of drug-likeness (QED) is 0.218. The summed E-state index contributed by atoms with van der Waals surface area (Å²) in [6.45, 7) is 0. The van der Waals surface area contributed by atoms with E-state index in [2.05, 4.69) is 14.7 Å². The molecule has 0 aliphatic heterocycles. The van der Waals surface area contributed by atoms with E-state index in [4.69, 9.17) is 45.5 Å². The fraction of sp³-hybridized carbons (Fsp3) is 0. The molecule has 5 N–H and O–H groups in total. The first kappa shape index (κ1) is 36.0. The topological polar surface area (TPSA) is 240 Å². The van der Waals surface area contributed by atoms with Crippen molar-refractivity contribution in [3.63, 3.8) is 0 Å². The molecule has 13 nitrogen and oxygen atoms in total. The van der Waals surface area contributed by atoms with Crippen molar-refractivity contribution in [1.29, 1.82) is 0 Å². The van der Waals surface area contributed by atoms with E-state index in [0.29, 0.717) is 0 Å². The number of carbonyl (C=O) groups is 3. The molecule has 0 bridgehead atoms. The fourth-order valence-corrected chi connectivity index (χ4v) is 0. The van der Waals surface area contributed by atoms with Gasteiger partial charge < -0.3 is 54.1 Å². The van der Waals surface area contributed by atoms with Crippen LogP contribution in [-0.2, 0) is 14.7 Å². The van der Waals surface area contributed by atoms with Crippen LogP contribution >= 0.6 is 0 Å². The van der Waals surface area contributed by atoms with Crippen molar-refractivity contribution >= 4 is 58.9 Å². The molecular weight excluding hydrogens is 295 g/mol. The van der Waals surface area contributed by atoms with Gasteiger partial charge in [0.25, 0.3) is 0 Å². The van der Waals surface area contributed by atoms with Crippen LogP contribution in [0, 0.1) is 0 Å². The molecule has 0 rings (SSSR count). The van der Waals surface area contributed by atoms with Gasteiger partial charge in [0.15, 0.2) is 0 Å². The Morgan fingerprint density at radius 3 is 0.833 bits per heavy atom. The molecule has 0 aromatic rings. The molecule has 15 heteroatoms. The van der Waals surface area contributed by atoms with Gasteiger partial charge in [-0.05, 0) is 0 Å². The Balaban J connectivity index is -0.0000000160. The predicted molar refractivity (Wildman–Crippen MR) is 44.7 cm³/mol. The fourth-order valence-electron chi connectivity index (χ4n) is 0. The van der Waals surface area contributed by atoms with Gasteiger partial charge in [-0.25, -0.2) is 14.4 Å². The molecule has 0 saturated heterocycles. The summed E-state index contributed by atoms with van der Waals surface area (Å²) in [6, 6.07) is 0. The zero-order chi connectivity index (χ0) is 12.9. The second-order valence-electron chi connectivity index (χ2n) is 1.05. The van der Waals surface area contributed by atoms with E-state index < -0.39 is 18.5 Å². The summed E-state index contributed by atoms with van der Waals surface area (Å²) in [5, 5.41) is 47.2. The van der Waals surface area contributed by atoms with Crippen LogP contribution in [0.25, 0.3) is 0 Å². The largest absolute Gasteiger partial charge is 3.00 e. The van der Waals surface area contributed by atoms with Gasteiger partial charge in [-0.15, -0.1) is 0 Å². The Labute approximate surface area is 127 Å². The Hall–Kier alpha value is -1.05. The number of hydrogen-bond donors (Lipinski definition) is 3. The Kier molecular flexibility index (Phi) is 59.4. The van der Waals surface area contributed by atoms with Crippen LogP contribution in [0.1, 0.15) is 2.85 Å². The monoisotopic (exact) mass is 302 g/mol. The van der Waals surface area contributed by atoms with Crippen molar-refractivity contribution in [2.45, 2.75) is 0 Å². The van der Waals surface area contributed by atoms with Crippen LogP contribution in [0.4, 0.5) is 14.4 Å². The molecule has 0 heterocycles. The van der Waals surface area contributed by atoms with E-state index in [-0.39, 0.29) is 48.7 Å². The second-order valence-corrected chi connectivity index (χ2v) is 1.05. The van der Waals surface area contributed by atoms with Crippen LogP contribution in [-0.4, -0.2) is 79.7 Å². The van der Waals surface area contributed by atoms with Crippen molar-refractivity contribution in [1.82, 2.24) is 0 Å². The third-order valence-electron chi connectivity index (χ3n) is 0.214. The zero-order valence-corrected chi connectivity index (χ0v) is 10.9. The van der Waals surface area contributed by atoms with E-state index in [1.54, 1.807) is 0 Å². The van der Waals surface area contributed by atoms with Crippen molar-refractivity contribution in [2.75, 3.05) is 0 Å². The normalized spacial score (nSPS) is 5.50. The maximum atomic E-state index is 8.83. The summed E-state index contributed by atoms with van der Waals surface area (Å²) in [5.74, 6) is 0. The second kappa shape index (κ2) is 29.7. The molecule has 0 atom stereocenters. The SMILES string of the molecule is O.O=C(O)O[O-].O=C(O)O[O-].O=C(O)O[O-].[Al+3].[H-].[H-].[Mg+2]. The molecule has 0 saturated carbocycles. The van der Waals surface area contributed by atoms with Gasteiger partial charge in [-0.3, -0.25) is 0 Å². The minimum absolute atomic E-state index is 0. The maximum Gasteiger partial charge on any atom is 3.00 e. The third-order valence-corrected chi connectivity index (χ3v) is 0.214. The average molecular weight is 302 g/mol. The van der Waals surface area contributed by atoms with Crippen LogP contribution < -0.4 is 15.8 Å². The third kappa shape index (κ3) is 119.